The highest BCUT2D eigenvalue weighted by Gasteiger charge is 2.37. The third kappa shape index (κ3) is 1.34. The van der Waals surface area contributed by atoms with Crippen LogP contribution in [-0.2, 0) is 4.79 Å². The number of carbonyl (C=O) groups excluding carboxylic acids is 1. The van der Waals surface area contributed by atoms with E-state index in [-0.39, 0.29) is 0 Å². The van der Waals surface area contributed by atoms with Gasteiger partial charge >= 0.3 is 0 Å². The van der Waals surface area contributed by atoms with Crippen molar-refractivity contribution in [3.05, 3.63) is 11.6 Å². The van der Waals surface area contributed by atoms with Crippen molar-refractivity contribution in [1.82, 2.24) is 0 Å². The average Bonchev–Trinajstić information content (AvgIpc) is 2.78. The highest BCUT2D eigenvalue weighted by molar-refractivity contribution is 5.79. The summed E-state index contributed by atoms with van der Waals surface area (Å²) in [6.07, 6.45) is 10.8. The molecule has 0 heterocycles. The number of hydrogen-bond donors (Lipinski definition) is 0. The molecular weight excluding hydrogens is 172 g/mol. The zero-order valence-corrected chi connectivity index (χ0v) is 8.67. The van der Waals surface area contributed by atoms with Gasteiger partial charge in [-0.25, -0.2) is 0 Å². The highest BCUT2D eigenvalue weighted by Crippen LogP contribution is 2.48. The Hall–Kier alpha value is -0.590. The summed E-state index contributed by atoms with van der Waals surface area (Å²) in [5.74, 6) is 2.90. The van der Waals surface area contributed by atoms with Gasteiger partial charge in [0.15, 0.2) is 0 Å². The van der Waals surface area contributed by atoms with Crippen molar-refractivity contribution in [2.24, 2.45) is 17.8 Å². The first kappa shape index (κ1) is 8.70. The molecule has 14 heavy (non-hydrogen) atoms. The summed E-state index contributed by atoms with van der Waals surface area (Å²) < 4.78 is 0. The predicted octanol–water partition coefficient (Wildman–Crippen LogP) is 3.10. The molecule has 0 spiro atoms. The van der Waals surface area contributed by atoms with E-state index >= 15 is 0 Å². The van der Waals surface area contributed by atoms with E-state index in [9.17, 15) is 4.79 Å². The van der Waals surface area contributed by atoms with Crippen LogP contribution in [0.3, 0.4) is 0 Å². The van der Waals surface area contributed by atoms with Crippen molar-refractivity contribution in [2.45, 2.75) is 44.9 Å². The summed E-state index contributed by atoms with van der Waals surface area (Å²) in [6, 6.07) is 0. The van der Waals surface area contributed by atoms with Gasteiger partial charge in [0.25, 0.3) is 0 Å². The maximum atomic E-state index is 11.4. The van der Waals surface area contributed by atoms with Crippen LogP contribution in [0.15, 0.2) is 11.6 Å². The Bertz CT molecular complexity index is 290. The first-order valence-electron chi connectivity index (χ1n) is 6.06. The van der Waals surface area contributed by atoms with Crippen molar-refractivity contribution >= 4 is 5.78 Å². The van der Waals surface area contributed by atoms with E-state index in [1.165, 1.54) is 25.7 Å². The number of allylic oxidation sites excluding steroid dienone is 2. The van der Waals surface area contributed by atoms with Gasteiger partial charge < -0.3 is 0 Å². The quantitative estimate of drug-likeness (QED) is 0.581. The van der Waals surface area contributed by atoms with Crippen molar-refractivity contribution in [1.29, 1.82) is 0 Å². The van der Waals surface area contributed by atoms with E-state index in [2.05, 4.69) is 6.08 Å². The number of Topliss-reactive ketones (excluding diaryl/α,β-unsaturated/α-hetero) is 1. The molecule has 3 aliphatic rings. The molecule has 0 aromatic carbocycles. The van der Waals surface area contributed by atoms with Crippen LogP contribution >= 0.6 is 0 Å². The lowest BCUT2D eigenvalue weighted by molar-refractivity contribution is -0.121. The Morgan fingerprint density at radius 1 is 1.14 bits per heavy atom. The van der Waals surface area contributed by atoms with Crippen LogP contribution in [0.5, 0.6) is 0 Å². The topological polar surface area (TPSA) is 17.1 Å². The summed E-state index contributed by atoms with van der Waals surface area (Å²) in [4.78, 5) is 11.4. The number of ketones is 1. The molecular formula is C13H18O. The maximum absolute atomic E-state index is 11.4. The summed E-state index contributed by atoms with van der Waals surface area (Å²) in [5.41, 5.74) is 1.68. The summed E-state index contributed by atoms with van der Waals surface area (Å²) >= 11 is 0. The largest absolute Gasteiger partial charge is 0.300 e. The third-order valence-electron chi connectivity index (χ3n) is 4.33. The fourth-order valence-electron chi connectivity index (χ4n) is 3.66. The van der Waals surface area contributed by atoms with Gasteiger partial charge in [-0.3, -0.25) is 4.79 Å². The molecule has 0 aliphatic heterocycles. The Balaban J connectivity index is 1.76. The lowest BCUT2D eigenvalue weighted by atomic mass is 9.78. The molecule has 2 bridgehead atoms. The molecule has 0 unspecified atom stereocenters. The van der Waals surface area contributed by atoms with Gasteiger partial charge in [0.05, 0.1) is 0 Å². The summed E-state index contributed by atoms with van der Waals surface area (Å²) in [5, 5.41) is 0. The minimum Gasteiger partial charge on any atom is -0.300 e. The lowest BCUT2D eigenvalue weighted by Gasteiger charge is -2.26. The maximum Gasteiger partial charge on any atom is 0.133 e. The zero-order valence-electron chi connectivity index (χ0n) is 8.67. The Labute approximate surface area is 85.6 Å². The van der Waals surface area contributed by atoms with Crippen LogP contribution < -0.4 is 0 Å². The molecule has 0 radical (unpaired) electrons. The van der Waals surface area contributed by atoms with E-state index in [1.54, 1.807) is 5.57 Å². The normalized spacial score (nSPS) is 41.6. The van der Waals surface area contributed by atoms with Gasteiger partial charge in [0, 0.05) is 12.8 Å². The second kappa shape index (κ2) is 3.22. The summed E-state index contributed by atoms with van der Waals surface area (Å²) in [7, 11) is 0. The molecule has 3 rings (SSSR count). The van der Waals surface area contributed by atoms with Crippen molar-refractivity contribution in [3.8, 4) is 0 Å². The zero-order chi connectivity index (χ0) is 9.54. The molecule has 0 aromatic rings. The highest BCUT2D eigenvalue weighted by atomic mass is 16.1. The lowest BCUT2D eigenvalue weighted by Crippen LogP contribution is -2.19. The molecule has 1 nitrogen and oxygen atoms in total. The van der Waals surface area contributed by atoms with Gasteiger partial charge in [-0.2, -0.15) is 0 Å². The second-order valence-electron chi connectivity index (χ2n) is 5.27. The Morgan fingerprint density at radius 3 is 2.71 bits per heavy atom. The van der Waals surface area contributed by atoms with Crippen LogP contribution in [0.25, 0.3) is 0 Å². The molecule has 0 amide bonds. The minimum absolute atomic E-state index is 0.505. The molecule has 76 valence electrons. The fraction of sp³-hybridized carbons (Fsp3) is 0.769. The number of fused-ring (bicyclic) bond motifs is 2. The van der Waals surface area contributed by atoms with Crippen molar-refractivity contribution < 1.29 is 4.79 Å². The molecule has 3 aliphatic carbocycles. The van der Waals surface area contributed by atoms with E-state index in [0.29, 0.717) is 11.7 Å². The van der Waals surface area contributed by atoms with Gasteiger partial charge in [0.2, 0.25) is 0 Å². The fourth-order valence-corrected chi connectivity index (χ4v) is 3.66. The van der Waals surface area contributed by atoms with Crippen LogP contribution in [0.1, 0.15) is 44.9 Å². The van der Waals surface area contributed by atoms with Gasteiger partial charge in [-0.1, -0.05) is 11.6 Å². The molecule has 0 aromatic heterocycles. The summed E-state index contributed by atoms with van der Waals surface area (Å²) in [6.45, 7) is 0. The van der Waals surface area contributed by atoms with Crippen LogP contribution in [-0.4, -0.2) is 5.78 Å². The number of carbonyl (C=O) groups is 1. The third-order valence-corrected chi connectivity index (χ3v) is 4.33. The van der Waals surface area contributed by atoms with E-state index in [0.717, 1.165) is 31.1 Å². The molecule has 0 N–H and O–H groups in total. The standard InChI is InChI=1S/C13H18O/c14-12-3-1-2-10(8-12)13-7-9-4-5-11(13)6-9/h7,9-11H,1-6,8H2/t9-,10-,11+/m1/s1. The number of rotatable bonds is 1. The first-order valence-corrected chi connectivity index (χ1v) is 6.06. The molecule has 2 fully saturated rings. The second-order valence-corrected chi connectivity index (χ2v) is 5.27. The van der Waals surface area contributed by atoms with Crippen molar-refractivity contribution in [2.75, 3.05) is 0 Å². The predicted molar refractivity (Wildman–Crippen MR) is 55.9 cm³/mol. The number of hydrogen-bond acceptors (Lipinski definition) is 1. The van der Waals surface area contributed by atoms with E-state index in [1.807, 2.05) is 0 Å². The average molecular weight is 190 g/mol. The van der Waals surface area contributed by atoms with E-state index in [4.69, 9.17) is 0 Å². The monoisotopic (exact) mass is 190 g/mol. The minimum atomic E-state index is 0.505. The SMILES string of the molecule is O=C1CCC[C@@H](C2=C[C@@H]3CC[C@H]2C3)C1. The van der Waals surface area contributed by atoms with E-state index < -0.39 is 0 Å². The van der Waals surface area contributed by atoms with Gasteiger partial charge in [-0.15, -0.1) is 0 Å². The molecule has 2 saturated carbocycles. The first-order chi connectivity index (χ1) is 6.83. The molecule has 3 atom stereocenters. The van der Waals surface area contributed by atoms with Gasteiger partial charge in [-0.05, 0) is 49.9 Å². The van der Waals surface area contributed by atoms with Crippen LogP contribution in [0, 0.1) is 17.8 Å². The van der Waals surface area contributed by atoms with Crippen LogP contribution in [0.2, 0.25) is 0 Å². The molecule has 1 heteroatoms. The Morgan fingerprint density at radius 2 is 2.07 bits per heavy atom. The van der Waals surface area contributed by atoms with Gasteiger partial charge in [0.1, 0.15) is 5.78 Å². The Kier molecular flexibility index (Phi) is 2.00. The van der Waals surface area contributed by atoms with Crippen LogP contribution in [0.4, 0.5) is 0 Å². The smallest absolute Gasteiger partial charge is 0.133 e. The molecule has 0 saturated heterocycles. The van der Waals surface area contributed by atoms with Crippen molar-refractivity contribution in [3.63, 3.8) is 0 Å².